The fraction of sp³-hybridized carbons (Fsp3) is 0.154. The molecule has 10 rings (SSSR count). The summed E-state index contributed by atoms with van der Waals surface area (Å²) in [4.78, 5) is 51.8. The topological polar surface area (TPSA) is 68.3 Å². The highest BCUT2D eigenvalue weighted by atomic mass is 32.1. The zero-order valence-electron chi connectivity index (χ0n) is 16.4. The van der Waals surface area contributed by atoms with Crippen molar-refractivity contribution in [3.8, 4) is 0 Å². The van der Waals surface area contributed by atoms with E-state index in [4.69, 9.17) is 0 Å². The molecule has 2 heterocycles. The lowest BCUT2D eigenvalue weighted by Gasteiger charge is -2.35. The van der Waals surface area contributed by atoms with Gasteiger partial charge in [-0.1, -0.05) is 36.4 Å². The number of ketones is 4. The normalized spacial score (nSPS) is 26.9. The van der Waals surface area contributed by atoms with Crippen LogP contribution in [0.3, 0.4) is 0 Å². The van der Waals surface area contributed by atoms with E-state index < -0.39 is 23.7 Å². The second-order valence-corrected chi connectivity index (χ2v) is 11.0. The van der Waals surface area contributed by atoms with Crippen molar-refractivity contribution in [2.75, 3.05) is 0 Å². The van der Waals surface area contributed by atoms with Crippen LogP contribution >= 0.6 is 22.7 Å². The van der Waals surface area contributed by atoms with Crippen LogP contribution in [0.25, 0.3) is 19.5 Å². The molecule has 0 amide bonds. The molecule has 2 aromatic heterocycles. The quantitative estimate of drug-likeness (QED) is 0.286. The number of hydrogen-bond donors (Lipinski definition) is 0. The van der Waals surface area contributed by atoms with E-state index in [1.807, 2.05) is 36.4 Å². The van der Waals surface area contributed by atoms with Crippen molar-refractivity contribution in [3.63, 3.8) is 0 Å². The predicted molar refractivity (Wildman–Crippen MR) is 122 cm³/mol. The van der Waals surface area contributed by atoms with E-state index in [0.29, 0.717) is 0 Å². The molecular weight excluding hydrogens is 440 g/mol. The molecule has 0 saturated carbocycles. The first-order chi connectivity index (χ1) is 15.5. The van der Waals surface area contributed by atoms with E-state index in [2.05, 4.69) is 12.1 Å². The molecule has 4 aromatic rings. The molecule has 4 nitrogen and oxygen atoms in total. The Morgan fingerprint density at radius 3 is 1.97 bits per heavy atom. The molecule has 0 fully saturated rings. The number of thiophene rings is 2. The molecule has 0 N–H and O–H groups in total. The van der Waals surface area contributed by atoms with Crippen LogP contribution in [-0.4, -0.2) is 23.1 Å². The number of hydrogen-bond acceptors (Lipinski definition) is 6. The predicted octanol–water partition coefficient (Wildman–Crippen LogP) is 4.73. The maximum absolute atomic E-state index is 13.0. The molecule has 2 aromatic carbocycles. The van der Waals surface area contributed by atoms with Gasteiger partial charge in [-0.3, -0.25) is 19.2 Å². The van der Waals surface area contributed by atoms with Crippen molar-refractivity contribution in [1.82, 2.24) is 0 Å². The van der Waals surface area contributed by atoms with E-state index in [0.717, 1.165) is 52.2 Å². The first-order valence-electron chi connectivity index (χ1n) is 10.5. The summed E-state index contributed by atoms with van der Waals surface area (Å²) < 4.78 is 3.19. The van der Waals surface area contributed by atoms with Gasteiger partial charge < -0.3 is 0 Å². The van der Waals surface area contributed by atoms with E-state index in [1.165, 1.54) is 0 Å². The third-order valence-electron chi connectivity index (χ3n) is 7.48. The number of fused-ring (bicyclic) bond motifs is 5. The Hall–Kier alpha value is -3.22. The van der Waals surface area contributed by atoms with Crippen LogP contribution < -0.4 is 0 Å². The largest absolute Gasteiger partial charge is 0.290 e. The summed E-state index contributed by atoms with van der Waals surface area (Å²) in [5.41, 5.74) is 4.74. The van der Waals surface area contributed by atoms with Crippen LogP contribution in [0.1, 0.15) is 56.4 Å². The Bertz CT molecular complexity index is 1680. The summed E-state index contributed by atoms with van der Waals surface area (Å²) >= 11 is 3.24. The first kappa shape index (κ1) is 17.3. The number of carbonyl (C=O) groups is 4. The van der Waals surface area contributed by atoms with Gasteiger partial charge in [0.1, 0.15) is 0 Å². The van der Waals surface area contributed by atoms with Gasteiger partial charge in [0.05, 0.1) is 33.1 Å². The SMILES string of the molecule is O=C1C(=O)C2C=CC1c1cc3sc4c5c(sc4c3cc12)C1C(=O)C(=O)C5c2ccccc21. The minimum Gasteiger partial charge on any atom is -0.290 e. The lowest BCUT2D eigenvalue weighted by atomic mass is 9.65. The van der Waals surface area contributed by atoms with Crippen LogP contribution in [0.5, 0.6) is 0 Å². The molecule has 4 unspecified atom stereocenters. The molecule has 152 valence electrons. The highest BCUT2D eigenvalue weighted by Gasteiger charge is 2.51. The summed E-state index contributed by atoms with van der Waals surface area (Å²) in [6.07, 6.45) is 3.69. The summed E-state index contributed by atoms with van der Waals surface area (Å²) in [7, 11) is 0. The molecule has 6 aliphatic rings. The minimum atomic E-state index is -0.531. The zero-order chi connectivity index (χ0) is 21.5. The smallest absolute Gasteiger partial charge is 0.212 e. The maximum Gasteiger partial charge on any atom is 0.212 e. The Labute approximate surface area is 189 Å². The van der Waals surface area contributed by atoms with Crippen LogP contribution in [0.15, 0.2) is 48.6 Å². The molecule has 0 saturated heterocycles. The van der Waals surface area contributed by atoms with Crippen LogP contribution in [0.4, 0.5) is 0 Å². The molecule has 32 heavy (non-hydrogen) atoms. The number of Topliss-reactive ketones (excluding diaryl/α,β-unsaturated/α-hetero) is 4. The molecule has 0 radical (unpaired) electrons. The van der Waals surface area contributed by atoms with Gasteiger partial charge in [-0.25, -0.2) is 0 Å². The van der Waals surface area contributed by atoms with Crippen LogP contribution in [0.2, 0.25) is 0 Å². The van der Waals surface area contributed by atoms with Crippen molar-refractivity contribution in [2.24, 2.45) is 0 Å². The summed E-state index contributed by atoms with van der Waals surface area (Å²) in [5.74, 6) is -3.28. The summed E-state index contributed by atoms with van der Waals surface area (Å²) in [6, 6.07) is 11.9. The number of allylic oxidation sites excluding steroid dienone is 2. The molecule has 4 atom stereocenters. The van der Waals surface area contributed by atoms with Gasteiger partial charge >= 0.3 is 0 Å². The number of carbonyl (C=O) groups excluding carboxylic acids is 4. The van der Waals surface area contributed by atoms with Gasteiger partial charge in [0.25, 0.3) is 0 Å². The van der Waals surface area contributed by atoms with Gasteiger partial charge in [-0.15, -0.1) is 22.7 Å². The van der Waals surface area contributed by atoms with Gasteiger partial charge in [0, 0.05) is 20.5 Å². The molecule has 0 aliphatic heterocycles. The standard InChI is InChI=1S/C26H12O4S2/c27-20-11-5-6-12(21(20)28)14-8-16-15(7-13(11)14)24-26(31-16)19-17-9-3-1-2-4-10(9)18(25(19)32-24)23(30)22(17)29/h1-8,11-12,17-18H. The highest BCUT2D eigenvalue weighted by Crippen LogP contribution is 2.58. The molecule has 4 bridgehead atoms. The van der Waals surface area contributed by atoms with E-state index >= 15 is 0 Å². The van der Waals surface area contributed by atoms with Crippen molar-refractivity contribution in [3.05, 3.63) is 81.2 Å². The monoisotopic (exact) mass is 452 g/mol. The fourth-order valence-electron chi connectivity index (χ4n) is 6.08. The van der Waals surface area contributed by atoms with E-state index in [-0.39, 0.29) is 23.1 Å². The summed E-state index contributed by atoms with van der Waals surface area (Å²) in [5, 5.41) is 1.05. The molecule has 6 heteroatoms. The Morgan fingerprint density at radius 2 is 1.25 bits per heavy atom. The van der Waals surface area contributed by atoms with Gasteiger partial charge in [0.2, 0.25) is 23.1 Å². The third-order valence-corrected chi connectivity index (χ3v) is 10.1. The zero-order valence-corrected chi connectivity index (χ0v) is 18.0. The average molecular weight is 453 g/mol. The first-order valence-corrected chi connectivity index (χ1v) is 12.1. The van der Waals surface area contributed by atoms with Gasteiger partial charge in [-0.05, 0) is 34.4 Å². The van der Waals surface area contributed by atoms with Gasteiger partial charge in [-0.2, -0.15) is 0 Å². The molecule has 0 spiro atoms. The second-order valence-electron chi connectivity index (χ2n) is 8.91. The van der Waals surface area contributed by atoms with Crippen molar-refractivity contribution in [2.45, 2.75) is 23.7 Å². The van der Waals surface area contributed by atoms with Crippen LogP contribution in [0, 0.1) is 0 Å². The number of benzene rings is 2. The van der Waals surface area contributed by atoms with Crippen molar-refractivity contribution in [1.29, 1.82) is 0 Å². The van der Waals surface area contributed by atoms with E-state index in [9.17, 15) is 19.2 Å². The van der Waals surface area contributed by atoms with Gasteiger partial charge in [0.15, 0.2) is 0 Å². The Kier molecular flexibility index (Phi) is 2.92. The van der Waals surface area contributed by atoms with Crippen LogP contribution in [-0.2, 0) is 19.2 Å². The average Bonchev–Trinajstić information content (AvgIpc) is 3.34. The lowest BCUT2D eigenvalue weighted by molar-refractivity contribution is -0.138. The second kappa shape index (κ2) is 5.39. The molecule has 6 aliphatic carbocycles. The fourth-order valence-corrected chi connectivity index (χ4v) is 9.06. The lowest BCUT2D eigenvalue weighted by Crippen LogP contribution is -2.39. The Balaban J connectivity index is 1.44. The van der Waals surface area contributed by atoms with Crippen molar-refractivity contribution < 1.29 is 19.2 Å². The Morgan fingerprint density at radius 1 is 0.625 bits per heavy atom. The summed E-state index contributed by atoms with van der Waals surface area (Å²) in [6.45, 7) is 0. The highest BCUT2D eigenvalue weighted by molar-refractivity contribution is 7.33. The van der Waals surface area contributed by atoms with E-state index in [1.54, 1.807) is 22.7 Å². The number of rotatable bonds is 0. The molecular formula is C26H12O4S2. The van der Waals surface area contributed by atoms with Crippen molar-refractivity contribution >= 4 is 65.3 Å². The minimum absolute atomic E-state index is 0.302. The maximum atomic E-state index is 13.0. The third kappa shape index (κ3) is 1.75.